The quantitative estimate of drug-likeness (QED) is 0.547. The highest BCUT2D eigenvalue weighted by Gasteiger charge is 2.43. The summed E-state index contributed by atoms with van der Waals surface area (Å²) in [4.78, 5) is 2.48. The lowest BCUT2D eigenvalue weighted by Crippen LogP contribution is -2.22. The summed E-state index contributed by atoms with van der Waals surface area (Å²) in [7, 11) is 0. The summed E-state index contributed by atoms with van der Waals surface area (Å²) in [6.45, 7) is 9.72. The molecule has 2 unspecified atom stereocenters. The lowest BCUT2D eigenvalue weighted by molar-refractivity contribution is 0.0944. The molecule has 1 aliphatic heterocycles. The second-order valence-electron chi connectivity index (χ2n) is 4.96. The molecule has 1 heterocycles. The Balaban J connectivity index is 1.96. The highest BCUT2D eigenvalue weighted by molar-refractivity contribution is 5.21. The molecule has 0 spiro atoms. The fourth-order valence-electron chi connectivity index (χ4n) is 2.49. The summed E-state index contributed by atoms with van der Waals surface area (Å²) in [6, 6.07) is 11.6. The fraction of sp³-hybridized carbons (Fsp3) is 0.412. The third-order valence-corrected chi connectivity index (χ3v) is 3.64. The molecule has 0 saturated carbocycles. The van der Waals surface area contributed by atoms with Gasteiger partial charge >= 0.3 is 0 Å². The SMILES string of the molecule is C=CCO[C@H](/C=C/C)C1CN1[C@H](C)c1ccccc1. The summed E-state index contributed by atoms with van der Waals surface area (Å²) in [5, 5.41) is 0. The molecular formula is C17H23NO. The Labute approximate surface area is 116 Å². The Kier molecular flexibility index (Phi) is 4.94. The molecule has 1 saturated heterocycles. The maximum Gasteiger partial charge on any atom is 0.0927 e. The topological polar surface area (TPSA) is 12.2 Å². The van der Waals surface area contributed by atoms with E-state index in [2.05, 4.69) is 60.9 Å². The van der Waals surface area contributed by atoms with Crippen molar-refractivity contribution < 1.29 is 4.74 Å². The van der Waals surface area contributed by atoms with Gasteiger partial charge in [0.25, 0.3) is 0 Å². The van der Waals surface area contributed by atoms with Crippen LogP contribution in [0.15, 0.2) is 55.1 Å². The average molecular weight is 257 g/mol. The first-order valence-electron chi connectivity index (χ1n) is 6.94. The molecule has 2 heteroatoms. The minimum absolute atomic E-state index is 0.175. The van der Waals surface area contributed by atoms with Crippen molar-refractivity contribution in [2.75, 3.05) is 13.2 Å². The molecule has 0 N–H and O–H groups in total. The summed E-state index contributed by atoms with van der Waals surface area (Å²) in [5.41, 5.74) is 1.37. The fourth-order valence-corrected chi connectivity index (χ4v) is 2.49. The van der Waals surface area contributed by atoms with Crippen LogP contribution >= 0.6 is 0 Å². The van der Waals surface area contributed by atoms with Gasteiger partial charge in [-0.15, -0.1) is 6.58 Å². The monoisotopic (exact) mass is 257 g/mol. The number of hydrogen-bond acceptors (Lipinski definition) is 2. The van der Waals surface area contributed by atoms with E-state index in [0.29, 0.717) is 18.7 Å². The molecule has 19 heavy (non-hydrogen) atoms. The second kappa shape index (κ2) is 6.69. The van der Waals surface area contributed by atoms with Gasteiger partial charge in [-0.1, -0.05) is 48.6 Å². The van der Waals surface area contributed by atoms with Crippen LogP contribution in [0.25, 0.3) is 0 Å². The largest absolute Gasteiger partial charge is 0.368 e. The number of allylic oxidation sites excluding steroid dienone is 1. The van der Waals surface area contributed by atoms with Gasteiger partial charge in [0.15, 0.2) is 0 Å². The van der Waals surface area contributed by atoms with Crippen LogP contribution in [0.4, 0.5) is 0 Å². The maximum absolute atomic E-state index is 5.83. The van der Waals surface area contributed by atoms with E-state index in [0.717, 1.165) is 6.54 Å². The van der Waals surface area contributed by atoms with Crippen LogP contribution in [0.5, 0.6) is 0 Å². The van der Waals surface area contributed by atoms with E-state index in [9.17, 15) is 0 Å². The molecule has 102 valence electrons. The highest BCUT2D eigenvalue weighted by Crippen LogP contribution is 2.34. The molecular weight excluding hydrogens is 234 g/mol. The standard InChI is InChI=1S/C17H23NO/c1-4-9-17(19-12-5-2)16-13-18(16)14(3)15-10-7-6-8-11-15/h4-11,14,16-17H,2,12-13H2,1,3H3/b9-4+/t14-,16?,17-,18?/m1/s1. The lowest BCUT2D eigenvalue weighted by atomic mass is 10.1. The predicted octanol–water partition coefficient (Wildman–Crippen LogP) is 3.58. The lowest BCUT2D eigenvalue weighted by Gasteiger charge is -2.18. The van der Waals surface area contributed by atoms with Gasteiger partial charge in [0.05, 0.1) is 18.8 Å². The van der Waals surface area contributed by atoms with Gasteiger partial charge in [0, 0.05) is 12.6 Å². The van der Waals surface area contributed by atoms with Gasteiger partial charge < -0.3 is 4.74 Å². The zero-order valence-electron chi connectivity index (χ0n) is 11.8. The van der Waals surface area contributed by atoms with Crippen molar-refractivity contribution >= 4 is 0 Å². The smallest absolute Gasteiger partial charge is 0.0927 e. The van der Waals surface area contributed by atoms with E-state index in [-0.39, 0.29) is 6.10 Å². The Morgan fingerprint density at radius 3 is 2.79 bits per heavy atom. The van der Waals surface area contributed by atoms with Crippen molar-refractivity contribution in [2.45, 2.75) is 32.0 Å². The van der Waals surface area contributed by atoms with Crippen molar-refractivity contribution in [2.24, 2.45) is 0 Å². The minimum atomic E-state index is 0.175. The van der Waals surface area contributed by atoms with Crippen molar-refractivity contribution in [3.63, 3.8) is 0 Å². The zero-order chi connectivity index (χ0) is 13.7. The first-order valence-corrected chi connectivity index (χ1v) is 6.94. The molecule has 1 fully saturated rings. The van der Waals surface area contributed by atoms with Crippen molar-refractivity contribution in [1.29, 1.82) is 0 Å². The maximum atomic E-state index is 5.83. The molecule has 0 radical (unpaired) electrons. The Hall–Kier alpha value is -1.38. The van der Waals surface area contributed by atoms with E-state index in [1.807, 2.05) is 13.0 Å². The first kappa shape index (κ1) is 14.0. The van der Waals surface area contributed by atoms with Gasteiger partial charge in [-0.3, -0.25) is 4.90 Å². The van der Waals surface area contributed by atoms with E-state index in [1.165, 1.54) is 5.56 Å². The second-order valence-corrected chi connectivity index (χ2v) is 4.96. The predicted molar refractivity (Wildman–Crippen MR) is 80.1 cm³/mol. The van der Waals surface area contributed by atoms with Gasteiger partial charge in [-0.2, -0.15) is 0 Å². The van der Waals surface area contributed by atoms with Crippen LogP contribution in [0.1, 0.15) is 25.5 Å². The van der Waals surface area contributed by atoms with E-state index < -0.39 is 0 Å². The Bertz CT molecular complexity index is 426. The van der Waals surface area contributed by atoms with Gasteiger partial charge in [0.2, 0.25) is 0 Å². The van der Waals surface area contributed by atoms with Crippen LogP contribution in [0.3, 0.4) is 0 Å². The number of nitrogens with zero attached hydrogens (tertiary/aromatic N) is 1. The van der Waals surface area contributed by atoms with E-state index >= 15 is 0 Å². The summed E-state index contributed by atoms with van der Waals surface area (Å²) < 4.78 is 5.83. The molecule has 2 nitrogen and oxygen atoms in total. The van der Waals surface area contributed by atoms with E-state index in [4.69, 9.17) is 4.74 Å². The number of rotatable bonds is 7. The van der Waals surface area contributed by atoms with Crippen molar-refractivity contribution in [3.05, 3.63) is 60.7 Å². The normalized spacial score (nSPS) is 25.2. The third kappa shape index (κ3) is 3.55. The number of hydrogen-bond donors (Lipinski definition) is 0. The molecule has 4 atom stereocenters. The minimum Gasteiger partial charge on any atom is -0.368 e. The average Bonchev–Trinajstić information content (AvgIpc) is 3.24. The van der Waals surface area contributed by atoms with Crippen LogP contribution in [0, 0.1) is 0 Å². The molecule has 1 aromatic carbocycles. The number of benzene rings is 1. The van der Waals surface area contributed by atoms with E-state index in [1.54, 1.807) is 0 Å². The molecule has 1 aromatic rings. The Morgan fingerprint density at radius 1 is 1.42 bits per heavy atom. The zero-order valence-corrected chi connectivity index (χ0v) is 11.8. The van der Waals surface area contributed by atoms with Crippen LogP contribution in [-0.2, 0) is 4.74 Å². The van der Waals surface area contributed by atoms with Gasteiger partial charge in [0.1, 0.15) is 0 Å². The molecule has 1 aliphatic rings. The highest BCUT2D eigenvalue weighted by atomic mass is 16.5. The molecule has 0 aliphatic carbocycles. The van der Waals surface area contributed by atoms with Gasteiger partial charge in [-0.25, -0.2) is 0 Å². The molecule has 0 bridgehead atoms. The summed E-state index contributed by atoms with van der Waals surface area (Å²) in [6.07, 6.45) is 6.20. The molecule has 2 rings (SSSR count). The van der Waals surface area contributed by atoms with Crippen LogP contribution < -0.4 is 0 Å². The van der Waals surface area contributed by atoms with Gasteiger partial charge in [-0.05, 0) is 19.4 Å². The Morgan fingerprint density at radius 2 is 2.16 bits per heavy atom. The molecule has 0 aromatic heterocycles. The summed E-state index contributed by atoms with van der Waals surface area (Å²) in [5.74, 6) is 0. The third-order valence-electron chi connectivity index (χ3n) is 3.64. The van der Waals surface area contributed by atoms with Crippen LogP contribution in [0.2, 0.25) is 0 Å². The first-order chi connectivity index (χ1) is 9.27. The van der Waals surface area contributed by atoms with Crippen molar-refractivity contribution in [3.8, 4) is 0 Å². The summed E-state index contributed by atoms with van der Waals surface area (Å²) >= 11 is 0. The molecule has 0 amide bonds. The number of ether oxygens (including phenoxy) is 1. The van der Waals surface area contributed by atoms with Crippen LogP contribution in [-0.4, -0.2) is 30.2 Å². The van der Waals surface area contributed by atoms with Crippen molar-refractivity contribution in [1.82, 2.24) is 4.90 Å².